The van der Waals surface area contributed by atoms with Gasteiger partial charge in [0.1, 0.15) is 29.7 Å². The van der Waals surface area contributed by atoms with Crippen LogP contribution in [0.25, 0.3) is 32.8 Å². The largest absolute Gasteiger partial charge is 0.508 e. The Bertz CT molecular complexity index is 1890. The zero-order valence-electron chi connectivity index (χ0n) is 25.2. The highest BCUT2D eigenvalue weighted by Gasteiger charge is 2.34. The number of hydrogen-bond acceptors (Lipinski definition) is 8. The van der Waals surface area contributed by atoms with E-state index < -0.39 is 0 Å². The Morgan fingerprint density at radius 2 is 1.69 bits per heavy atom. The summed E-state index contributed by atoms with van der Waals surface area (Å²) in [4.78, 5) is 14.8. The number of nitrogens with one attached hydrogen (secondary N) is 1. The SMILES string of the molecule is CN1CCCC1COc1nc(N2C[C@H]3CC[C@@H](C2)N3)c2cc(Oc3ccccc3Cl)c(-c3cc(O)cc4ccccc34)cc2n1. The lowest BCUT2D eigenvalue weighted by Crippen LogP contribution is -2.51. The van der Waals surface area contributed by atoms with E-state index in [2.05, 4.69) is 28.2 Å². The molecule has 3 aliphatic rings. The molecule has 0 saturated carbocycles. The van der Waals surface area contributed by atoms with Gasteiger partial charge >= 0.3 is 6.01 Å². The highest BCUT2D eigenvalue weighted by Crippen LogP contribution is 2.44. The van der Waals surface area contributed by atoms with Gasteiger partial charge < -0.3 is 29.7 Å². The number of para-hydroxylation sites is 1. The van der Waals surface area contributed by atoms with Gasteiger partial charge in [0.05, 0.1) is 10.5 Å². The van der Waals surface area contributed by atoms with Gasteiger partial charge in [-0.05, 0) is 92.0 Å². The minimum absolute atomic E-state index is 0.178. The highest BCUT2D eigenvalue weighted by molar-refractivity contribution is 6.32. The first-order valence-electron chi connectivity index (χ1n) is 15.8. The zero-order valence-corrected chi connectivity index (χ0v) is 26.0. The summed E-state index contributed by atoms with van der Waals surface area (Å²) >= 11 is 6.60. The van der Waals surface area contributed by atoms with Crippen LogP contribution in [-0.2, 0) is 0 Å². The van der Waals surface area contributed by atoms with E-state index in [1.54, 1.807) is 12.1 Å². The molecule has 3 atom stereocenters. The number of nitrogens with zero attached hydrogens (tertiary/aromatic N) is 4. The third-order valence-corrected chi connectivity index (χ3v) is 9.85. The molecule has 2 N–H and O–H groups in total. The van der Waals surface area contributed by atoms with Crippen LogP contribution < -0.4 is 19.7 Å². The first kappa shape index (κ1) is 28.4. The molecule has 3 aliphatic heterocycles. The molecule has 8 rings (SSSR count). The number of likely N-dealkylation sites (N-methyl/N-ethyl adjacent to an activating group) is 1. The van der Waals surface area contributed by atoms with Gasteiger partial charge in [0.25, 0.3) is 0 Å². The molecule has 0 radical (unpaired) electrons. The molecule has 3 saturated heterocycles. The zero-order chi connectivity index (χ0) is 30.5. The van der Waals surface area contributed by atoms with E-state index in [-0.39, 0.29) is 5.75 Å². The maximum atomic E-state index is 10.8. The van der Waals surface area contributed by atoms with Crippen LogP contribution in [0.5, 0.6) is 23.3 Å². The fraction of sp³-hybridized carbons (Fsp3) is 0.333. The van der Waals surface area contributed by atoms with Crippen LogP contribution in [0.2, 0.25) is 5.02 Å². The number of piperazine rings is 1. The number of phenols is 1. The second kappa shape index (κ2) is 11.7. The molecule has 230 valence electrons. The van der Waals surface area contributed by atoms with Crippen LogP contribution >= 0.6 is 11.6 Å². The lowest BCUT2D eigenvalue weighted by atomic mass is 9.96. The van der Waals surface area contributed by atoms with E-state index in [0.717, 1.165) is 77.5 Å². The van der Waals surface area contributed by atoms with Crippen molar-refractivity contribution < 1.29 is 14.6 Å². The summed E-state index contributed by atoms with van der Waals surface area (Å²) in [5, 5.41) is 17.9. The average Bonchev–Trinajstić information content (AvgIpc) is 3.62. The third-order valence-electron chi connectivity index (χ3n) is 9.54. The normalized spacial score (nSPS) is 21.6. The third kappa shape index (κ3) is 5.52. The number of aromatic nitrogens is 2. The Labute approximate surface area is 267 Å². The minimum Gasteiger partial charge on any atom is -0.508 e. The van der Waals surface area contributed by atoms with E-state index in [1.165, 1.54) is 6.42 Å². The lowest BCUT2D eigenvalue weighted by Gasteiger charge is -2.34. The van der Waals surface area contributed by atoms with Crippen LogP contribution in [0.1, 0.15) is 25.7 Å². The summed E-state index contributed by atoms with van der Waals surface area (Å²) in [5.41, 5.74) is 2.39. The molecule has 8 nitrogen and oxygen atoms in total. The Balaban J connectivity index is 1.32. The predicted octanol–water partition coefficient (Wildman–Crippen LogP) is 7.01. The standard InChI is InChI=1S/C36H36ClN5O3/c1-41-14-6-8-25(41)21-44-36-39-32-17-29(28-16-26(43)15-22-7-2-3-9-27(22)28)34(45-33-11-5-4-10-31(33)37)18-30(32)35(40-36)42-19-23-12-13-24(20-42)38-23/h2-5,7,9-11,15-18,23-25,38,43H,6,8,12-14,19-21H2,1H3/t23-,24+,25?. The van der Waals surface area contributed by atoms with E-state index in [0.29, 0.717) is 47.3 Å². The first-order valence-corrected chi connectivity index (χ1v) is 16.2. The molecule has 45 heavy (non-hydrogen) atoms. The lowest BCUT2D eigenvalue weighted by molar-refractivity contribution is 0.188. The van der Waals surface area contributed by atoms with Crippen molar-refractivity contribution in [1.82, 2.24) is 20.2 Å². The van der Waals surface area contributed by atoms with Crippen molar-refractivity contribution >= 4 is 39.1 Å². The molecule has 0 spiro atoms. The second-order valence-electron chi connectivity index (χ2n) is 12.6. The Morgan fingerprint density at radius 3 is 2.49 bits per heavy atom. The van der Waals surface area contributed by atoms with Crippen molar-refractivity contribution in [2.24, 2.45) is 0 Å². The molecule has 9 heteroatoms. The fourth-order valence-electron chi connectivity index (χ4n) is 7.21. The van der Waals surface area contributed by atoms with Gasteiger partial charge in [0.2, 0.25) is 0 Å². The van der Waals surface area contributed by atoms with E-state index in [9.17, 15) is 5.11 Å². The van der Waals surface area contributed by atoms with E-state index in [4.69, 9.17) is 31.0 Å². The van der Waals surface area contributed by atoms with Crippen molar-refractivity contribution in [3.8, 4) is 34.4 Å². The smallest absolute Gasteiger partial charge is 0.319 e. The van der Waals surface area contributed by atoms with Crippen LogP contribution in [0, 0.1) is 0 Å². The molecule has 3 fully saturated rings. The van der Waals surface area contributed by atoms with Crippen molar-refractivity contribution in [2.45, 2.75) is 43.8 Å². The van der Waals surface area contributed by atoms with Crippen LogP contribution in [0.4, 0.5) is 5.82 Å². The Morgan fingerprint density at radius 1 is 0.889 bits per heavy atom. The molecule has 0 aliphatic carbocycles. The van der Waals surface area contributed by atoms with E-state index in [1.807, 2.05) is 54.6 Å². The summed E-state index contributed by atoms with van der Waals surface area (Å²) in [6.45, 7) is 3.36. The maximum Gasteiger partial charge on any atom is 0.319 e. The predicted molar refractivity (Wildman–Crippen MR) is 179 cm³/mol. The fourth-order valence-corrected chi connectivity index (χ4v) is 7.39. The molecule has 0 amide bonds. The molecule has 1 unspecified atom stereocenters. The number of phenolic OH excluding ortho intramolecular Hbond substituents is 1. The minimum atomic E-state index is 0.178. The van der Waals surface area contributed by atoms with Gasteiger partial charge in [-0.25, -0.2) is 0 Å². The topological polar surface area (TPSA) is 83.0 Å². The number of ether oxygens (including phenoxy) is 2. The van der Waals surface area contributed by atoms with Crippen molar-refractivity contribution in [3.63, 3.8) is 0 Å². The first-order chi connectivity index (χ1) is 22.0. The number of benzene rings is 4. The van der Waals surface area contributed by atoms with Crippen molar-refractivity contribution in [3.05, 3.63) is 77.8 Å². The molecule has 4 aromatic carbocycles. The maximum absolute atomic E-state index is 10.8. The van der Waals surface area contributed by atoms with Crippen molar-refractivity contribution in [1.29, 1.82) is 0 Å². The summed E-state index contributed by atoms with van der Waals surface area (Å²) in [5.74, 6) is 2.18. The number of rotatable bonds is 7. The van der Waals surface area contributed by atoms with Crippen LogP contribution in [0.15, 0.2) is 72.8 Å². The second-order valence-corrected chi connectivity index (χ2v) is 13.0. The summed E-state index contributed by atoms with van der Waals surface area (Å²) in [7, 11) is 2.15. The Hall–Kier alpha value is -4.11. The highest BCUT2D eigenvalue weighted by atomic mass is 35.5. The molecule has 5 aromatic rings. The van der Waals surface area contributed by atoms with Gasteiger partial charge in [-0.1, -0.05) is 48.0 Å². The monoisotopic (exact) mass is 621 g/mol. The molecule has 4 heterocycles. The average molecular weight is 622 g/mol. The van der Waals surface area contributed by atoms with E-state index >= 15 is 0 Å². The quantitative estimate of drug-likeness (QED) is 0.201. The van der Waals surface area contributed by atoms with Crippen LogP contribution in [-0.4, -0.2) is 71.4 Å². The van der Waals surface area contributed by atoms with Gasteiger partial charge in [0.15, 0.2) is 0 Å². The number of likely N-dealkylation sites (tertiary alicyclic amines) is 1. The molecule has 2 bridgehead atoms. The van der Waals surface area contributed by atoms with Gasteiger partial charge in [-0.2, -0.15) is 9.97 Å². The molecular formula is C36H36ClN5O3. The van der Waals surface area contributed by atoms with Gasteiger partial charge in [-0.15, -0.1) is 0 Å². The number of anilines is 1. The molecule has 1 aromatic heterocycles. The van der Waals surface area contributed by atoms with Gasteiger partial charge in [0, 0.05) is 42.2 Å². The summed E-state index contributed by atoms with van der Waals surface area (Å²) in [6, 6.07) is 24.7. The summed E-state index contributed by atoms with van der Waals surface area (Å²) in [6.07, 6.45) is 4.61. The number of hydrogen-bond donors (Lipinski definition) is 2. The number of aromatic hydroxyl groups is 1. The van der Waals surface area contributed by atoms with Gasteiger partial charge in [-0.3, -0.25) is 0 Å². The number of halogens is 1. The van der Waals surface area contributed by atoms with Crippen molar-refractivity contribution in [2.75, 3.05) is 38.2 Å². The summed E-state index contributed by atoms with van der Waals surface area (Å²) < 4.78 is 13.0. The van der Waals surface area contributed by atoms with Crippen LogP contribution in [0.3, 0.4) is 0 Å². The number of fused-ring (bicyclic) bond motifs is 4. The Kier molecular flexibility index (Phi) is 7.36. The molecular weight excluding hydrogens is 586 g/mol.